The number of ether oxygens (including phenoxy) is 18. The molecule has 53 heteroatoms. The third kappa shape index (κ3) is 69.6. The first-order chi connectivity index (χ1) is 66.7. The lowest BCUT2D eigenvalue weighted by Gasteiger charge is -2.21. The molecule has 0 bridgehead atoms. The number of hydrogen-bond donors (Lipinski definition) is 16. The fourth-order valence-electron chi connectivity index (χ4n) is 10.5. The molecule has 2 aliphatic rings. The van der Waals surface area contributed by atoms with Crippen LogP contribution < -0.4 is 48.3 Å². The predicted octanol–water partition coefficient (Wildman–Crippen LogP) is -1.62. The highest BCUT2D eigenvalue weighted by molar-refractivity contribution is 8.00. The van der Waals surface area contributed by atoms with Gasteiger partial charge in [0.05, 0.1) is 148 Å². The number of esters is 1. The van der Waals surface area contributed by atoms with Crippen LogP contribution in [-0.4, -0.2) is 414 Å². The van der Waals surface area contributed by atoms with Crippen molar-refractivity contribution in [2.75, 3.05) is 207 Å². The zero-order valence-corrected chi connectivity index (χ0v) is 83.6. The molecule has 0 saturated carbocycles. The van der Waals surface area contributed by atoms with E-state index >= 15 is 0 Å². The van der Waals surface area contributed by atoms with Gasteiger partial charge in [-0.3, -0.25) is 93.8 Å². The summed E-state index contributed by atoms with van der Waals surface area (Å²) in [6.07, 6.45) is -2.81. The summed E-state index contributed by atoms with van der Waals surface area (Å²) in [6, 6.07) is 0. The average Bonchev–Trinajstić information content (AvgIpc) is 1.67. The lowest BCUT2D eigenvalue weighted by atomic mass is 10.00. The number of aliphatic carboxylic acids is 1. The van der Waals surface area contributed by atoms with Gasteiger partial charge in [0.1, 0.15) is 32.2 Å². The van der Waals surface area contributed by atoms with E-state index < -0.39 is 103 Å². The molecular weight excluding hydrogens is 1880 g/mol. The minimum absolute atomic E-state index is 0.0130. The van der Waals surface area contributed by atoms with E-state index in [2.05, 4.69) is 48.3 Å². The van der Waals surface area contributed by atoms with Crippen LogP contribution in [0.3, 0.4) is 0 Å². The standard InChI is InChI=1S/C27H47N5O12.C26H45N5O12S.C15H28O6.C11H21NO7.C7H16O4/c1-5-20(16-33)44-24(40-4)17-43-27(39)29-9-6-22(35)30-31-23(36)8-12-41-14-15-42-13-10-28-21(34)7-11-32-25(37)18(2)19(3)26(32)38;1-4-18(16-32)43-24(39-2)17-42-26(38)28-8-5-21(34)29-30-22(35)7-11-40-13-14-41-12-9-27-20(33)6-10-31-23(36)15-19(44-3)25(31)37;1-5-12(9-16)21-15(19-4)10-20-14(18)8-6-7-13(17)11(2)3;1-3-8(6-13)19-10(17-2)7-18-11(16)12-5-4-9(14)15;1-3-6(4-8)11-7(5-9)10-2/h18-20,24,33H,5-17H2,1-4H3,(H,28,34)(H,29,39)(H,30,35)(H,31,36);18-19,24,32H,4-17H2,1-3H3,(H,27,33)(H,28,38)(H,29,34)(H,30,35);11-12,15-16H,5-10H2,1-4H3;8,10,13H,3-7H2,1-2H3,(H,12,16)(H,14,15);6-9H,3-5H2,1-2H3/i;;11D;;. The molecule has 0 spiro atoms. The zero-order valence-electron chi connectivity index (χ0n) is 83.8. The number of alkyl carbamates (subject to hydrolysis) is 3. The molecule has 2 rings (SSSR count). The Bertz CT molecular complexity index is 3400. The summed E-state index contributed by atoms with van der Waals surface area (Å²) >= 11 is 1.32. The number of hydrazine groups is 2. The molecule has 808 valence electrons. The largest absolute Gasteiger partial charge is 0.481 e. The number of aliphatic hydroxyl groups is 6. The summed E-state index contributed by atoms with van der Waals surface area (Å²) in [5.74, 6) is -7.15. The van der Waals surface area contributed by atoms with E-state index in [-0.39, 0.29) is 306 Å². The monoisotopic (exact) mass is 2030 g/mol. The number of likely N-dealkylation sites (tertiary alicyclic amines) is 2. The summed E-state index contributed by atoms with van der Waals surface area (Å²) in [7, 11) is 7.02. The molecular formula is C86H157N11O41S. The van der Waals surface area contributed by atoms with Gasteiger partial charge in [0.15, 0.2) is 31.5 Å². The Morgan fingerprint density at radius 1 is 0.381 bits per heavy atom. The van der Waals surface area contributed by atoms with Gasteiger partial charge in [-0.2, -0.15) is 11.8 Å². The van der Waals surface area contributed by atoms with Crippen LogP contribution in [0.4, 0.5) is 14.4 Å². The maximum Gasteiger partial charge on any atom is 0.407 e. The minimum atomic E-state index is -1.13. The normalized spacial score (nSPS) is 16.1. The van der Waals surface area contributed by atoms with Crippen molar-refractivity contribution in [1.29, 1.82) is 0 Å². The summed E-state index contributed by atoms with van der Waals surface area (Å²) in [6.45, 7) is 16.2. The van der Waals surface area contributed by atoms with Crippen LogP contribution in [0.15, 0.2) is 0 Å². The Morgan fingerprint density at radius 3 is 1.00 bits per heavy atom. The summed E-state index contributed by atoms with van der Waals surface area (Å²) in [4.78, 5) is 189. The molecule has 13 unspecified atom stereocenters. The number of imide groups is 2. The molecule has 0 aromatic heterocycles. The number of thioether (sulfide) groups is 1. The number of carbonyl (C=O) groups excluding carboxylic acids is 15. The van der Waals surface area contributed by atoms with Crippen molar-refractivity contribution in [3.8, 4) is 0 Å². The number of Topliss-reactive ketones (excluding diaryl/α,β-unsaturated/α-hetero) is 1. The number of carboxylic acid groups (broad SMARTS) is 1. The lowest BCUT2D eigenvalue weighted by molar-refractivity contribution is -0.194. The number of carboxylic acids is 1. The van der Waals surface area contributed by atoms with Crippen LogP contribution in [0.25, 0.3) is 0 Å². The minimum Gasteiger partial charge on any atom is -0.481 e. The number of methoxy groups -OCH3 is 5. The molecule has 0 radical (unpaired) electrons. The second kappa shape index (κ2) is 86.9. The van der Waals surface area contributed by atoms with Crippen molar-refractivity contribution in [3.63, 3.8) is 0 Å². The lowest BCUT2D eigenvalue weighted by Crippen LogP contribution is -2.43. The number of hydrogen-bond acceptors (Lipinski definition) is 41. The van der Waals surface area contributed by atoms with E-state index in [1.165, 1.54) is 61.2 Å². The third-order valence-electron chi connectivity index (χ3n) is 19.3. The molecule has 2 heterocycles. The van der Waals surface area contributed by atoms with Crippen LogP contribution in [0.2, 0.25) is 0 Å². The van der Waals surface area contributed by atoms with Gasteiger partial charge in [0.2, 0.25) is 59.1 Å². The first-order valence-electron chi connectivity index (χ1n) is 46.1. The van der Waals surface area contributed by atoms with E-state index in [1.807, 2.05) is 34.6 Å². The zero-order chi connectivity index (χ0) is 106. The molecule has 13 atom stereocenters. The molecule has 139 heavy (non-hydrogen) atoms. The van der Waals surface area contributed by atoms with Crippen molar-refractivity contribution in [3.05, 3.63) is 0 Å². The molecule has 2 saturated heterocycles. The highest BCUT2D eigenvalue weighted by atomic mass is 32.2. The smallest absolute Gasteiger partial charge is 0.407 e. The number of amides is 13. The second-order valence-electron chi connectivity index (χ2n) is 30.0. The summed E-state index contributed by atoms with van der Waals surface area (Å²) in [5.41, 5.74) is 8.92. The Balaban J connectivity index is -0.00000181. The van der Waals surface area contributed by atoms with Crippen molar-refractivity contribution >= 4 is 107 Å². The van der Waals surface area contributed by atoms with E-state index in [9.17, 15) is 76.7 Å². The van der Waals surface area contributed by atoms with E-state index in [4.69, 9.17) is 122 Å². The Hall–Kier alpha value is -8.93. The third-order valence-corrected chi connectivity index (χ3v) is 20.2. The molecule has 0 aromatic carbocycles. The van der Waals surface area contributed by atoms with Gasteiger partial charge in [-0.25, -0.2) is 14.4 Å². The van der Waals surface area contributed by atoms with Crippen LogP contribution in [0.5, 0.6) is 0 Å². The van der Waals surface area contributed by atoms with Gasteiger partial charge < -0.3 is 148 Å². The number of carbonyl (C=O) groups is 16. The van der Waals surface area contributed by atoms with Gasteiger partial charge in [0, 0.05) is 145 Å². The van der Waals surface area contributed by atoms with Gasteiger partial charge in [0.25, 0.3) is 0 Å². The number of ketones is 1. The fourth-order valence-corrected chi connectivity index (χ4v) is 11.1. The molecule has 0 aliphatic carbocycles. The van der Waals surface area contributed by atoms with Crippen LogP contribution >= 0.6 is 11.8 Å². The van der Waals surface area contributed by atoms with Crippen LogP contribution in [-0.2, 0) is 148 Å². The highest BCUT2D eigenvalue weighted by Gasteiger charge is 2.42. The maximum absolute atomic E-state index is 12.0. The van der Waals surface area contributed by atoms with Crippen LogP contribution in [0, 0.1) is 17.7 Å². The molecule has 2 fully saturated rings. The molecule has 2 aliphatic heterocycles. The molecule has 0 aromatic rings. The quantitative estimate of drug-likeness (QED) is 0.00813. The highest BCUT2D eigenvalue weighted by Crippen LogP contribution is 2.26. The SMILES string of the molecule is CCC(CO)OC(CO)OC.CCC(CO)OC(COC(=O)NCCC(=O)NNC(=O)CCOCCOCCNC(=O)CCN1C(=O)C(C)C(C)C1=O)OC.CCC(CO)OC(COC(=O)NCCC(=O)NNC(=O)CCOCCOCCNC(=O)CCN1C(=O)CC(SC)C1=O)OC.CCC(CO)OC(COC(=O)NCCC(=O)O)OC.[2H]C(C)(C)C(=O)CCCC(=O)OCC(OC)OC(CC)CO. The average molecular weight is 2030 g/mol. The first kappa shape index (κ1) is 132. The summed E-state index contributed by atoms with van der Waals surface area (Å²) < 4.78 is 100. The number of rotatable bonds is 73. The van der Waals surface area contributed by atoms with Crippen LogP contribution in [0.1, 0.15) is 166 Å². The van der Waals surface area contributed by atoms with Gasteiger partial charge in [-0.05, 0) is 44.8 Å². The Morgan fingerprint density at radius 2 is 0.698 bits per heavy atom. The second-order valence-corrected chi connectivity index (χ2v) is 31.0. The van der Waals surface area contributed by atoms with Gasteiger partial charge >= 0.3 is 30.2 Å². The number of nitrogens with one attached hydrogen (secondary N) is 9. The van der Waals surface area contributed by atoms with E-state index in [1.54, 1.807) is 20.1 Å². The Labute approximate surface area is 817 Å². The topological polar surface area (TPSA) is 696 Å². The summed E-state index contributed by atoms with van der Waals surface area (Å²) in [5, 5.41) is 74.0. The molecule has 16 N–H and O–H groups in total. The fraction of sp³-hybridized carbons (Fsp3) is 0.814. The predicted molar refractivity (Wildman–Crippen MR) is 491 cm³/mol. The maximum atomic E-state index is 12.0. The van der Waals surface area contributed by atoms with Gasteiger partial charge in [-0.1, -0.05) is 62.3 Å². The van der Waals surface area contributed by atoms with Gasteiger partial charge in [-0.15, -0.1) is 0 Å². The molecule has 13 amide bonds. The Kier molecular flexibility index (Phi) is 82.6. The molecule has 52 nitrogen and oxygen atoms in total. The van der Waals surface area contributed by atoms with E-state index in [0.717, 1.165) is 9.80 Å². The number of aliphatic hydroxyl groups excluding tert-OH is 6. The van der Waals surface area contributed by atoms with Crippen molar-refractivity contribution in [1.82, 2.24) is 58.1 Å². The van der Waals surface area contributed by atoms with Crippen molar-refractivity contribution < 1.29 is 199 Å². The van der Waals surface area contributed by atoms with Crippen molar-refractivity contribution in [2.45, 2.75) is 232 Å². The number of nitrogens with zero attached hydrogens (tertiary/aromatic N) is 2. The first-order valence-corrected chi connectivity index (χ1v) is 46.9. The van der Waals surface area contributed by atoms with Crippen molar-refractivity contribution in [2.24, 2.45) is 17.7 Å². The van der Waals surface area contributed by atoms with E-state index in [0.29, 0.717) is 38.5 Å².